The molecule has 4 rings (SSSR count). The van der Waals surface area contributed by atoms with Gasteiger partial charge in [0.05, 0.1) is 23.6 Å². The molecule has 1 aliphatic heterocycles. The molecular formula is C24H31ClN4O3S. The minimum atomic E-state index is -3.17. The average Bonchev–Trinajstić information content (AvgIpc) is 3.15. The molecule has 0 radical (unpaired) electrons. The van der Waals surface area contributed by atoms with Crippen LogP contribution in [-0.2, 0) is 10.0 Å². The number of aromatic amines is 1. The van der Waals surface area contributed by atoms with Gasteiger partial charge in [0.15, 0.2) is 0 Å². The third-order valence-corrected chi connectivity index (χ3v) is 7.66. The number of hydrogen-bond acceptors (Lipinski definition) is 5. The van der Waals surface area contributed by atoms with Gasteiger partial charge in [0, 0.05) is 31.2 Å². The van der Waals surface area contributed by atoms with Gasteiger partial charge in [-0.2, -0.15) is 0 Å². The molecule has 0 saturated carbocycles. The van der Waals surface area contributed by atoms with E-state index < -0.39 is 10.0 Å². The van der Waals surface area contributed by atoms with Gasteiger partial charge in [0.1, 0.15) is 11.4 Å². The zero-order valence-corrected chi connectivity index (χ0v) is 20.9. The first-order valence-corrected chi connectivity index (χ1v) is 13.4. The fourth-order valence-corrected chi connectivity index (χ4v) is 5.51. The summed E-state index contributed by atoms with van der Waals surface area (Å²) in [7, 11) is 0.937. The molecule has 178 valence electrons. The Balaban J connectivity index is 1.60. The quantitative estimate of drug-likeness (QED) is 0.475. The number of benzene rings is 1. The van der Waals surface area contributed by atoms with Crippen LogP contribution in [0.25, 0.3) is 22.3 Å². The van der Waals surface area contributed by atoms with Crippen LogP contribution in [0.15, 0.2) is 36.5 Å². The molecule has 1 N–H and O–H groups in total. The smallest absolute Gasteiger partial charge is 0.211 e. The summed E-state index contributed by atoms with van der Waals surface area (Å²) in [6, 6.07) is 10.1. The highest BCUT2D eigenvalue weighted by Gasteiger charge is 2.29. The summed E-state index contributed by atoms with van der Waals surface area (Å²) in [6.45, 7) is 2.70. The minimum Gasteiger partial charge on any atom is -0.494 e. The summed E-state index contributed by atoms with van der Waals surface area (Å²) < 4.78 is 31.4. The molecule has 33 heavy (non-hydrogen) atoms. The molecule has 0 spiro atoms. The van der Waals surface area contributed by atoms with Crippen LogP contribution in [-0.4, -0.2) is 74.2 Å². The summed E-state index contributed by atoms with van der Waals surface area (Å²) in [6.07, 6.45) is 5.40. The van der Waals surface area contributed by atoms with Crippen molar-refractivity contribution in [1.29, 1.82) is 0 Å². The summed E-state index contributed by atoms with van der Waals surface area (Å²) >= 11 is 6.29. The first-order chi connectivity index (χ1) is 15.7. The molecule has 7 nitrogen and oxygen atoms in total. The third kappa shape index (κ3) is 5.69. The topological polar surface area (TPSA) is 78.5 Å². The maximum atomic E-state index is 12.0. The van der Waals surface area contributed by atoms with Crippen molar-refractivity contribution in [2.45, 2.75) is 25.2 Å². The molecular weight excluding hydrogens is 460 g/mol. The SMILES string of the molecule is CN(C)CCCOc1ccc(-c2[nH]c3ncc(Cl)cc3c2C2CCN(S(C)(=O)=O)CC2)cc1. The van der Waals surface area contributed by atoms with Gasteiger partial charge in [-0.1, -0.05) is 11.6 Å². The average molecular weight is 491 g/mol. The summed E-state index contributed by atoms with van der Waals surface area (Å²) in [5, 5.41) is 1.59. The largest absolute Gasteiger partial charge is 0.494 e. The van der Waals surface area contributed by atoms with Gasteiger partial charge in [0.25, 0.3) is 0 Å². The predicted molar refractivity (Wildman–Crippen MR) is 134 cm³/mol. The maximum absolute atomic E-state index is 12.0. The van der Waals surface area contributed by atoms with Crippen LogP contribution in [0.4, 0.5) is 0 Å². The summed E-state index contributed by atoms with van der Waals surface area (Å²) in [5.41, 5.74) is 4.01. The Morgan fingerprint density at radius 2 is 1.91 bits per heavy atom. The van der Waals surface area contributed by atoms with Crippen molar-refractivity contribution in [2.24, 2.45) is 0 Å². The molecule has 0 amide bonds. The van der Waals surface area contributed by atoms with Crippen LogP contribution in [0.2, 0.25) is 5.02 Å². The van der Waals surface area contributed by atoms with Gasteiger partial charge in [-0.05, 0) is 80.7 Å². The van der Waals surface area contributed by atoms with Crippen molar-refractivity contribution < 1.29 is 13.2 Å². The summed E-state index contributed by atoms with van der Waals surface area (Å²) in [4.78, 5) is 10.1. The van der Waals surface area contributed by atoms with Gasteiger partial charge < -0.3 is 14.6 Å². The number of ether oxygens (including phenoxy) is 1. The standard InChI is InChI=1S/C24H31ClN4O3S/c1-28(2)11-4-14-32-20-7-5-18(6-8-20)23-22(21-15-19(25)16-26-24(21)27-23)17-9-12-29(13-10-17)33(3,30)31/h5-8,15-17H,4,9-14H2,1-3H3,(H,26,27). The highest BCUT2D eigenvalue weighted by Crippen LogP contribution is 2.41. The molecule has 0 aliphatic carbocycles. The number of rotatable bonds is 8. The van der Waals surface area contributed by atoms with E-state index in [4.69, 9.17) is 16.3 Å². The maximum Gasteiger partial charge on any atom is 0.211 e. The number of aromatic nitrogens is 2. The second-order valence-electron chi connectivity index (χ2n) is 8.93. The number of fused-ring (bicyclic) bond motifs is 1. The fraction of sp³-hybridized carbons (Fsp3) is 0.458. The van der Waals surface area contributed by atoms with E-state index in [9.17, 15) is 8.42 Å². The molecule has 1 fully saturated rings. The minimum absolute atomic E-state index is 0.217. The molecule has 0 unspecified atom stereocenters. The van der Waals surface area contributed by atoms with Gasteiger partial charge in [-0.3, -0.25) is 0 Å². The lowest BCUT2D eigenvalue weighted by Gasteiger charge is -2.30. The van der Waals surface area contributed by atoms with E-state index in [1.54, 1.807) is 10.5 Å². The van der Waals surface area contributed by atoms with E-state index in [1.807, 2.05) is 18.2 Å². The van der Waals surface area contributed by atoms with E-state index >= 15 is 0 Å². The molecule has 1 aliphatic rings. The zero-order valence-electron chi connectivity index (χ0n) is 19.3. The van der Waals surface area contributed by atoms with Gasteiger partial charge in [0.2, 0.25) is 10.0 Å². The zero-order chi connectivity index (χ0) is 23.6. The monoisotopic (exact) mass is 490 g/mol. The molecule has 3 aromatic rings. The molecule has 9 heteroatoms. The molecule has 2 aromatic heterocycles. The van der Waals surface area contributed by atoms with E-state index in [0.717, 1.165) is 59.4 Å². The number of sulfonamides is 1. The highest BCUT2D eigenvalue weighted by atomic mass is 35.5. The van der Waals surface area contributed by atoms with Crippen molar-refractivity contribution in [3.8, 4) is 17.0 Å². The number of pyridine rings is 1. The van der Waals surface area contributed by atoms with E-state index in [2.05, 4.69) is 41.1 Å². The Morgan fingerprint density at radius 3 is 2.55 bits per heavy atom. The fourth-order valence-electron chi connectivity index (χ4n) is 4.48. The van der Waals surface area contributed by atoms with Crippen molar-refractivity contribution >= 4 is 32.7 Å². The Labute approximate surface area is 200 Å². The Morgan fingerprint density at radius 1 is 1.21 bits per heavy atom. The highest BCUT2D eigenvalue weighted by molar-refractivity contribution is 7.88. The number of hydrogen-bond donors (Lipinski definition) is 1. The Kier molecular flexibility index (Phi) is 7.28. The predicted octanol–water partition coefficient (Wildman–Crippen LogP) is 4.35. The number of H-pyrrole nitrogens is 1. The third-order valence-electron chi connectivity index (χ3n) is 6.15. The van der Waals surface area contributed by atoms with E-state index in [1.165, 1.54) is 6.26 Å². The molecule has 0 atom stereocenters. The second-order valence-corrected chi connectivity index (χ2v) is 11.3. The van der Waals surface area contributed by atoms with Crippen LogP contribution in [0.3, 0.4) is 0 Å². The number of halogens is 1. The lowest BCUT2D eigenvalue weighted by molar-refractivity contribution is 0.281. The first-order valence-electron chi connectivity index (χ1n) is 11.2. The summed E-state index contributed by atoms with van der Waals surface area (Å²) in [5.74, 6) is 1.06. The Hall–Kier alpha value is -2.13. The van der Waals surface area contributed by atoms with Gasteiger partial charge in [-0.15, -0.1) is 0 Å². The van der Waals surface area contributed by atoms with Crippen molar-refractivity contribution in [2.75, 3.05) is 46.6 Å². The number of nitrogens with zero attached hydrogens (tertiary/aromatic N) is 3. The molecule has 0 bridgehead atoms. The first kappa shape index (κ1) is 24.0. The van der Waals surface area contributed by atoms with Crippen molar-refractivity contribution in [3.63, 3.8) is 0 Å². The lowest BCUT2D eigenvalue weighted by atomic mass is 9.87. The van der Waals surface area contributed by atoms with Crippen molar-refractivity contribution in [1.82, 2.24) is 19.2 Å². The van der Waals surface area contributed by atoms with Gasteiger partial charge >= 0.3 is 0 Å². The normalized spacial score (nSPS) is 16.0. The second kappa shape index (κ2) is 10.0. The number of nitrogens with one attached hydrogen (secondary N) is 1. The molecule has 1 saturated heterocycles. The Bertz CT molecular complexity index is 1200. The van der Waals surface area contributed by atoms with Crippen LogP contribution in [0, 0.1) is 0 Å². The van der Waals surface area contributed by atoms with Crippen LogP contribution < -0.4 is 4.74 Å². The van der Waals surface area contributed by atoms with Crippen LogP contribution >= 0.6 is 11.6 Å². The van der Waals surface area contributed by atoms with E-state index in [0.29, 0.717) is 24.7 Å². The van der Waals surface area contributed by atoms with Crippen LogP contribution in [0.5, 0.6) is 5.75 Å². The van der Waals surface area contributed by atoms with Crippen LogP contribution in [0.1, 0.15) is 30.7 Å². The number of piperidine rings is 1. The lowest BCUT2D eigenvalue weighted by Crippen LogP contribution is -2.37. The van der Waals surface area contributed by atoms with E-state index in [-0.39, 0.29) is 5.92 Å². The molecule has 3 heterocycles. The van der Waals surface area contributed by atoms with Crippen molar-refractivity contribution in [3.05, 3.63) is 47.1 Å². The van der Waals surface area contributed by atoms with Gasteiger partial charge in [-0.25, -0.2) is 17.7 Å². The molecule has 1 aromatic carbocycles.